The van der Waals surface area contributed by atoms with Crippen molar-refractivity contribution in [2.45, 2.75) is 13.1 Å². The lowest BCUT2D eigenvalue weighted by molar-refractivity contribution is 0.173. The summed E-state index contributed by atoms with van der Waals surface area (Å²) in [5.41, 5.74) is 1.14. The monoisotopic (exact) mass is 325 g/mol. The molecule has 1 N–H and O–H groups in total. The van der Waals surface area contributed by atoms with E-state index in [0.717, 1.165) is 34.6 Å². The number of para-hydroxylation sites is 1. The van der Waals surface area contributed by atoms with Crippen molar-refractivity contribution < 1.29 is 9.47 Å². The van der Waals surface area contributed by atoms with Crippen LogP contribution in [-0.4, -0.2) is 6.79 Å². The van der Waals surface area contributed by atoms with Gasteiger partial charge in [0, 0.05) is 28.0 Å². The Morgan fingerprint density at radius 1 is 1.22 bits per heavy atom. The van der Waals surface area contributed by atoms with Crippen LogP contribution < -0.4 is 14.8 Å². The first-order chi connectivity index (χ1) is 8.84. The second-order valence-electron chi connectivity index (χ2n) is 3.95. The van der Waals surface area contributed by atoms with E-state index in [-0.39, 0.29) is 0 Å². The van der Waals surface area contributed by atoms with Crippen LogP contribution in [0.25, 0.3) is 0 Å². The minimum atomic E-state index is 0.322. The van der Waals surface area contributed by atoms with Crippen LogP contribution in [0, 0.1) is 0 Å². The van der Waals surface area contributed by atoms with E-state index in [4.69, 9.17) is 9.47 Å². The maximum atomic E-state index is 5.47. The van der Waals surface area contributed by atoms with Gasteiger partial charge in [-0.25, -0.2) is 0 Å². The lowest BCUT2D eigenvalue weighted by Crippen LogP contribution is -2.12. The Morgan fingerprint density at radius 2 is 2.17 bits per heavy atom. The molecule has 1 aliphatic rings. The summed E-state index contributed by atoms with van der Waals surface area (Å²) in [5.74, 6) is 1.71. The molecule has 0 aliphatic carbocycles. The molecule has 2 aromatic rings. The Hall–Kier alpha value is -1.04. The van der Waals surface area contributed by atoms with Crippen LogP contribution in [0.15, 0.2) is 34.1 Å². The van der Waals surface area contributed by atoms with E-state index in [1.165, 1.54) is 4.88 Å². The van der Waals surface area contributed by atoms with Crippen LogP contribution in [0.2, 0.25) is 0 Å². The van der Waals surface area contributed by atoms with E-state index >= 15 is 0 Å². The third-order valence-electron chi connectivity index (χ3n) is 2.77. The van der Waals surface area contributed by atoms with Gasteiger partial charge in [-0.2, -0.15) is 0 Å². The first kappa shape index (κ1) is 12.0. The molecule has 5 heteroatoms. The third kappa shape index (κ3) is 2.39. The van der Waals surface area contributed by atoms with Crippen LogP contribution in [0.1, 0.15) is 10.4 Å². The first-order valence-electron chi connectivity index (χ1n) is 5.64. The summed E-state index contributed by atoms with van der Waals surface area (Å²) < 4.78 is 12.0. The van der Waals surface area contributed by atoms with Gasteiger partial charge in [0.15, 0.2) is 11.5 Å². The van der Waals surface area contributed by atoms with Gasteiger partial charge in [0.1, 0.15) is 0 Å². The number of nitrogens with one attached hydrogen (secondary N) is 1. The molecule has 94 valence electrons. The van der Waals surface area contributed by atoms with Gasteiger partial charge >= 0.3 is 0 Å². The number of fused-ring (bicyclic) bond motifs is 1. The lowest BCUT2D eigenvalue weighted by atomic mass is 10.2. The maximum absolute atomic E-state index is 5.47. The Balaban J connectivity index is 1.64. The molecule has 1 aromatic heterocycles. The molecular weight excluding hydrogens is 314 g/mol. The first-order valence-corrected chi connectivity index (χ1v) is 7.32. The topological polar surface area (TPSA) is 30.5 Å². The zero-order chi connectivity index (χ0) is 12.4. The van der Waals surface area contributed by atoms with Crippen LogP contribution in [0.3, 0.4) is 0 Å². The van der Waals surface area contributed by atoms with Crippen LogP contribution in [0.4, 0.5) is 0 Å². The van der Waals surface area contributed by atoms with Crippen molar-refractivity contribution in [3.05, 3.63) is 44.6 Å². The maximum Gasteiger partial charge on any atom is 0.231 e. The van der Waals surface area contributed by atoms with Gasteiger partial charge in [-0.1, -0.05) is 12.1 Å². The second-order valence-corrected chi connectivity index (χ2v) is 5.80. The molecule has 2 heterocycles. The highest BCUT2D eigenvalue weighted by Gasteiger charge is 2.16. The molecule has 0 fully saturated rings. The largest absolute Gasteiger partial charge is 0.454 e. The summed E-state index contributed by atoms with van der Waals surface area (Å²) in [6.07, 6.45) is 0. The van der Waals surface area contributed by atoms with Gasteiger partial charge in [0.05, 0.1) is 0 Å². The Morgan fingerprint density at radius 3 is 3.00 bits per heavy atom. The second kappa shape index (κ2) is 5.30. The fraction of sp³-hybridized carbons (Fsp3) is 0.231. The molecule has 0 saturated heterocycles. The summed E-state index contributed by atoms with van der Waals surface area (Å²) in [6.45, 7) is 1.95. The van der Waals surface area contributed by atoms with Gasteiger partial charge in [-0.3, -0.25) is 0 Å². The van der Waals surface area contributed by atoms with E-state index in [1.807, 2.05) is 12.1 Å². The molecule has 0 radical (unpaired) electrons. The number of halogens is 1. The van der Waals surface area contributed by atoms with Crippen molar-refractivity contribution in [2.75, 3.05) is 6.79 Å². The van der Waals surface area contributed by atoms with E-state index in [9.17, 15) is 0 Å². The van der Waals surface area contributed by atoms with Gasteiger partial charge in [0.2, 0.25) is 6.79 Å². The minimum absolute atomic E-state index is 0.322. The molecular formula is C13H12BrNO2S. The molecule has 0 unspecified atom stereocenters. The Bertz CT molecular complexity index is 556. The van der Waals surface area contributed by atoms with E-state index in [1.54, 1.807) is 11.3 Å². The fourth-order valence-corrected chi connectivity index (χ4v) is 3.35. The molecule has 1 aromatic carbocycles. The standard InChI is InChI=1S/C13H12BrNO2S/c14-10-4-5-18-12(10)7-15-6-9-2-1-3-11-13(9)17-8-16-11/h1-5,15H,6-8H2. The zero-order valence-electron chi connectivity index (χ0n) is 9.61. The molecule has 0 amide bonds. The fourth-order valence-electron chi connectivity index (χ4n) is 1.89. The minimum Gasteiger partial charge on any atom is -0.454 e. The van der Waals surface area contributed by atoms with Crippen LogP contribution in [0.5, 0.6) is 11.5 Å². The van der Waals surface area contributed by atoms with Crippen molar-refractivity contribution in [1.82, 2.24) is 5.32 Å². The SMILES string of the molecule is Brc1ccsc1CNCc1cccc2c1OCO2. The number of ether oxygens (including phenoxy) is 2. The molecule has 0 atom stereocenters. The van der Waals surface area contributed by atoms with Crippen molar-refractivity contribution in [2.24, 2.45) is 0 Å². The number of benzene rings is 1. The number of thiophene rings is 1. The smallest absolute Gasteiger partial charge is 0.231 e. The highest BCUT2D eigenvalue weighted by atomic mass is 79.9. The lowest BCUT2D eigenvalue weighted by Gasteiger charge is -2.07. The highest BCUT2D eigenvalue weighted by molar-refractivity contribution is 9.10. The van der Waals surface area contributed by atoms with Crippen molar-refractivity contribution in [1.29, 1.82) is 0 Å². The highest BCUT2D eigenvalue weighted by Crippen LogP contribution is 2.35. The molecule has 3 nitrogen and oxygen atoms in total. The van der Waals surface area contributed by atoms with Crippen molar-refractivity contribution in [3.63, 3.8) is 0 Å². The molecule has 1 aliphatic heterocycles. The molecule has 0 spiro atoms. The quantitative estimate of drug-likeness (QED) is 0.932. The Labute approximate surface area is 118 Å². The van der Waals surface area contributed by atoms with Crippen molar-refractivity contribution >= 4 is 27.3 Å². The van der Waals surface area contributed by atoms with Gasteiger partial charge in [0.25, 0.3) is 0 Å². The molecule has 0 saturated carbocycles. The summed E-state index contributed by atoms with van der Waals surface area (Å²) in [4.78, 5) is 1.31. The molecule has 3 rings (SSSR count). The number of rotatable bonds is 4. The predicted molar refractivity (Wildman–Crippen MR) is 75.1 cm³/mol. The molecule has 18 heavy (non-hydrogen) atoms. The summed E-state index contributed by atoms with van der Waals surface area (Å²) in [6, 6.07) is 8.05. The van der Waals surface area contributed by atoms with E-state index < -0.39 is 0 Å². The van der Waals surface area contributed by atoms with E-state index in [2.05, 4.69) is 38.8 Å². The zero-order valence-corrected chi connectivity index (χ0v) is 12.0. The summed E-state index contributed by atoms with van der Waals surface area (Å²) in [5, 5.41) is 5.50. The van der Waals surface area contributed by atoms with Gasteiger partial charge < -0.3 is 14.8 Å². The number of hydrogen-bond donors (Lipinski definition) is 1. The summed E-state index contributed by atoms with van der Waals surface area (Å²) >= 11 is 5.27. The van der Waals surface area contributed by atoms with Gasteiger partial charge in [-0.05, 0) is 33.4 Å². The Kier molecular flexibility index (Phi) is 3.54. The summed E-state index contributed by atoms with van der Waals surface area (Å²) in [7, 11) is 0. The van der Waals surface area contributed by atoms with Gasteiger partial charge in [-0.15, -0.1) is 11.3 Å². The van der Waals surface area contributed by atoms with Crippen molar-refractivity contribution in [3.8, 4) is 11.5 Å². The third-order valence-corrected chi connectivity index (χ3v) is 4.70. The average molecular weight is 326 g/mol. The average Bonchev–Trinajstić information content (AvgIpc) is 2.99. The molecule has 0 bridgehead atoms. The number of hydrogen-bond acceptors (Lipinski definition) is 4. The van der Waals surface area contributed by atoms with Crippen LogP contribution >= 0.6 is 27.3 Å². The normalized spacial score (nSPS) is 12.9. The van der Waals surface area contributed by atoms with E-state index in [0.29, 0.717) is 6.79 Å². The van der Waals surface area contributed by atoms with Crippen LogP contribution in [-0.2, 0) is 13.1 Å². The predicted octanol–water partition coefficient (Wildman–Crippen LogP) is 3.53.